The van der Waals surface area contributed by atoms with E-state index in [1.807, 2.05) is 0 Å². The van der Waals surface area contributed by atoms with E-state index in [4.69, 9.17) is 0 Å². The Morgan fingerprint density at radius 2 is 1.37 bits per heavy atom. The zero-order valence-corrected chi connectivity index (χ0v) is 19.0. The summed E-state index contributed by atoms with van der Waals surface area (Å²) in [5.74, 6) is 0.580. The molecule has 0 aliphatic carbocycles. The molecule has 0 saturated carbocycles. The summed E-state index contributed by atoms with van der Waals surface area (Å²) in [6, 6.07) is 22.3. The first-order valence-electron chi connectivity index (χ1n) is 11.7. The second-order valence-electron chi connectivity index (χ2n) is 8.88. The number of carbonyl (C=O) groups is 1. The molecule has 0 bridgehead atoms. The lowest BCUT2D eigenvalue weighted by Gasteiger charge is -2.44. The Labute approximate surface area is 183 Å². The largest absolute Gasteiger partial charge is 0.300 e. The highest BCUT2D eigenvalue weighted by atomic mass is 16.1. The highest BCUT2D eigenvalue weighted by Crippen LogP contribution is 2.39. The number of Topliss-reactive ketones (excluding diaryl/α,β-unsaturated/α-hetero) is 1. The van der Waals surface area contributed by atoms with Gasteiger partial charge in [-0.2, -0.15) is 0 Å². The van der Waals surface area contributed by atoms with Crippen LogP contribution in [0.1, 0.15) is 69.5 Å². The summed E-state index contributed by atoms with van der Waals surface area (Å²) in [6.07, 6.45) is 3.38. The number of benzene rings is 2. The lowest BCUT2D eigenvalue weighted by molar-refractivity contribution is -0.120. The van der Waals surface area contributed by atoms with Gasteiger partial charge in [0.1, 0.15) is 5.78 Å². The van der Waals surface area contributed by atoms with E-state index in [1.54, 1.807) is 0 Å². The fraction of sp³-hybridized carbons (Fsp3) is 0.519. The molecule has 162 valence electrons. The maximum Gasteiger partial charge on any atom is 0.133 e. The van der Waals surface area contributed by atoms with Gasteiger partial charge >= 0.3 is 0 Å². The van der Waals surface area contributed by atoms with Crippen molar-refractivity contribution in [1.82, 2.24) is 9.80 Å². The van der Waals surface area contributed by atoms with E-state index in [1.165, 1.54) is 11.1 Å². The average molecular weight is 407 g/mol. The molecule has 0 N–H and O–H groups in total. The van der Waals surface area contributed by atoms with Crippen LogP contribution in [0.15, 0.2) is 60.7 Å². The zero-order chi connectivity index (χ0) is 21.3. The summed E-state index contributed by atoms with van der Waals surface area (Å²) < 4.78 is 0. The molecule has 0 unspecified atom stereocenters. The van der Waals surface area contributed by atoms with E-state index in [2.05, 4.69) is 91.2 Å². The first kappa shape index (κ1) is 22.7. The molecule has 0 aromatic heterocycles. The molecule has 2 aromatic rings. The van der Waals surface area contributed by atoms with Gasteiger partial charge in [-0.1, -0.05) is 74.0 Å². The number of ketones is 1. The predicted molar refractivity (Wildman–Crippen MR) is 126 cm³/mol. The van der Waals surface area contributed by atoms with Crippen molar-refractivity contribution in [1.29, 1.82) is 0 Å². The van der Waals surface area contributed by atoms with Gasteiger partial charge < -0.3 is 0 Å². The molecule has 1 saturated heterocycles. The lowest BCUT2D eigenvalue weighted by atomic mass is 9.81. The molecule has 3 nitrogen and oxygen atoms in total. The quantitative estimate of drug-likeness (QED) is 0.507. The van der Waals surface area contributed by atoms with Gasteiger partial charge in [-0.05, 0) is 31.4 Å². The Morgan fingerprint density at radius 1 is 0.833 bits per heavy atom. The molecule has 30 heavy (non-hydrogen) atoms. The molecule has 1 aliphatic rings. The second kappa shape index (κ2) is 11.4. The number of rotatable bonds is 10. The second-order valence-corrected chi connectivity index (χ2v) is 8.88. The van der Waals surface area contributed by atoms with Crippen LogP contribution in [0.5, 0.6) is 0 Å². The number of unbranched alkanes of at least 4 members (excludes halogenated alkanes) is 1. The van der Waals surface area contributed by atoms with E-state index >= 15 is 0 Å². The molecule has 1 heterocycles. The van der Waals surface area contributed by atoms with Gasteiger partial charge in [0.2, 0.25) is 0 Å². The standard InChI is InChI=1S/C27H38N2O/c1-4-5-16-25(30)21-26(23-12-8-6-9-13-23)27(24-14-10-7-11-15-24)29-19-17-28(18-20-29)22(2)3/h6-15,22,26-27H,4-5,16-21H2,1-3H3/t26-,27+/m1/s1. The van der Waals surface area contributed by atoms with Crippen LogP contribution in [0.2, 0.25) is 0 Å². The van der Waals surface area contributed by atoms with Crippen molar-refractivity contribution in [2.75, 3.05) is 26.2 Å². The van der Waals surface area contributed by atoms with E-state index in [9.17, 15) is 4.79 Å². The van der Waals surface area contributed by atoms with Crippen molar-refractivity contribution in [2.24, 2.45) is 0 Å². The van der Waals surface area contributed by atoms with Gasteiger partial charge in [0.25, 0.3) is 0 Å². The average Bonchev–Trinajstić information content (AvgIpc) is 2.79. The van der Waals surface area contributed by atoms with Gasteiger partial charge in [0, 0.05) is 57.0 Å². The Morgan fingerprint density at radius 3 is 1.90 bits per heavy atom. The molecule has 0 radical (unpaired) electrons. The summed E-state index contributed by atoms with van der Waals surface area (Å²) in [7, 11) is 0. The van der Waals surface area contributed by atoms with Crippen molar-refractivity contribution < 1.29 is 4.79 Å². The number of carbonyl (C=O) groups excluding carboxylic acids is 1. The molecule has 3 rings (SSSR count). The number of nitrogens with zero attached hydrogens (tertiary/aromatic N) is 2. The Kier molecular flexibility index (Phi) is 8.65. The first-order valence-corrected chi connectivity index (χ1v) is 11.7. The smallest absolute Gasteiger partial charge is 0.133 e. The highest BCUT2D eigenvalue weighted by Gasteiger charge is 2.33. The van der Waals surface area contributed by atoms with Crippen molar-refractivity contribution in [2.45, 2.75) is 64.5 Å². The van der Waals surface area contributed by atoms with Crippen LogP contribution >= 0.6 is 0 Å². The topological polar surface area (TPSA) is 23.6 Å². The van der Waals surface area contributed by atoms with Gasteiger partial charge in [-0.25, -0.2) is 0 Å². The molecule has 2 atom stereocenters. The van der Waals surface area contributed by atoms with Gasteiger partial charge in [0.05, 0.1) is 0 Å². The third-order valence-corrected chi connectivity index (χ3v) is 6.48. The van der Waals surface area contributed by atoms with Crippen LogP contribution < -0.4 is 0 Å². The van der Waals surface area contributed by atoms with E-state index < -0.39 is 0 Å². The van der Waals surface area contributed by atoms with Crippen LogP contribution in [-0.2, 0) is 4.79 Å². The summed E-state index contributed by atoms with van der Waals surface area (Å²) >= 11 is 0. The van der Waals surface area contributed by atoms with Crippen LogP contribution in [0, 0.1) is 0 Å². The van der Waals surface area contributed by atoms with Gasteiger partial charge in [-0.3, -0.25) is 14.6 Å². The Bertz CT molecular complexity index is 751. The molecule has 1 aliphatic heterocycles. The van der Waals surface area contributed by atoms with Crippen LogP contribution in [0.4, 0.5) is 0 Å². The number of piperazine rings is 1. The molecular formula is C27H38N2O. The predicted octanol–water partition coefficient (Wildman–Crippen LogP) is 5.69. The molecule has 0 spiro atoms. The first-order chi connectivity index (χ1) is 14.6. The summed E-state index contributed by atoms with van der Waals surface area (Å²) in [5, 5.41) is 0. The van der Waals surface area contributed by atoms with Crippen LogP contribution in [0.3, 0.4) is 0 Å². The Balaban J connectivity index is 1.92. The summed E-state index contributed by atoms with van der Waals surface area (Å²) in [6.45, 7) is 11.0. The monoisotopic (exact) mass is 406 g/mol. The van der Waals surface area contributed by atoms with E-state index in [0.29, 0.717) is 24.7 Å². The van der Waals surface area contributed by atoms with Crippen molar-refractivity contribution in [3.05, 3.63) is 71.8 Å². The number of hydrogen-bond acceptors (Lipinski definition) is 3. The SMILES string of the molecule is CCCCC(=O)C[C@H](c1ccccc1)[C@H](c1ccccc1)N1CCN(C(C)C)CC1. The fourth-order valence-corrected chi connectivity index (χ4v) is 4.71. The number of hydrogen-bond donors (Lipinski definition) is 0. The summed E-state index contributed by atoms with van der Waals surface area (Å²) in [5.41, 5.74) is 2.61. The summed E-state index contributed by atoms with van der Waals surface area (Å²) in [4.78, 5) is 18.1. The minimum absolute atomic E-state index is 0.184. The third kappa shape index (κ3) is 6.02. The maximum atomic E-state index is 12.9. The van der Waals surface area contributed by atoms with Crippen molar-refractivity contribution in [3.8, 4) is 0 Å². The molecule has 3 heteroatoms. The van der Waals surface area contributed by atoms with Crippen LogP contribution in [0.25, 0.3) is 0 Å². The van der Waals surface area contributed by atoms with Crippen molar-refractivity contribution >= 4 is 5.78 Å². The lowest BCUT2D eigenvalue weighted by Crippen LogP contribution is -2.50. The third-order valence-electron chi connectivity index (χ3n) is 6.48. The van der Waals surface area contributed by atoms with Gasteiger partial charge in [-0.15, -0.1) is 0 Å². The van der Waals surface area contributed by atoms with Gasteiger partial charge in [0.15, 0.2) is 0 Å². The highest BCUT2D eigenvalue weighted by molar-refractivity contribution is 5.79. The van der Waals surface area contributed by atoms with Crippen molar-refractivity contribution in [3.63, 3.8) is 0 Å². The minimum Gasteiger partial charge on any atom is -0.300 e. The minimum atomic E-state index is 0.184. The van der Waals surface area contributed by atoms with E-state index in [0.717, 1.165) is 39.0 Å². The molecule has 0 amide bonds. The fourth-order valence-electron chi connectivity index (χ4n) is 4.71. The molecule has 1 fully saturated rings. The molecule has 2 aromatic carbocycles. The normalized spacial score (nSPS) is 17.7. The maximum absolute atomic E-state index is 12.9. The van der Waals surface area contributed by atoms with Crippen LogP contribution in [-0.4, -0.2) is 47.8 Å². The van der Waals surface area contributed by atoms with E-state index in [-0.39, 0.29) is 12.0 Å². The Hall–Kier alpha value is -1.97. The zero-order valence-electron chi connectivity index (χ0n) is 19.0. The molecular weight excluding hydrogens is 368 g/mol.